The predicted octanol–water partition coefficient (Wildman–Crippen LogP) is 1.42. The highest BCUT2D eigenvalue weighted by molar-refractivity contribution is 6.00. The number of Topliss-reactive ketones (excluding diaryl/α,β-unsaturated/α-hetero) is 1. The Morgan fingerprint density at radius 1 is 0.933 bits per heavy atom. The molecule has 3 rings (SSSR count). The number of carbonyl (C=O) groups is 1. The van der Waals surface area contributed by atoms with E-state index in [1.54, 1.807) is 12.1 Å². The molecule has 0 spiro atoms. The Morgan fingerprint density at radius 3 is 2.67 bits per heavy atom. The van der Waals surface area contributed by atoms with Gasteiger partial charge in [0.05, 0.1) is 12.2 Å². The van der Waals surface area contributed by atoms with Crippen LogP contribution < -0.4 is 14.2 Å². The fraction of sp³-hybridized carbons (Fsp3) is 0.364. The molecule has 0 aromatic heterocycles. The molecule has 2 heterocycles. The fourth-order valence-corrected chi connectivity index (χ4v) is 1.83. The zero-order valence-corrected chi connectivity index (χ0v) is 8.12. The summed E-state index contributed by atoms with van der Waals surface area (Å²) in [6.45, 7) is 1.46. The molecule has 0 saturated heterocycles. The summed E-state index contributed by atoms with van der Waals surface area (Å²) >= 11 is 0. The van der Waals surface area contributed by atoms with Gasteiger partial charge in [-0.1, -0.05) is 0 Å². The number of hydrogen-bond acceptors (Lipinski definition) is 4. The number of carbonyl (C=O) groups excluding carboxylic acids is 1. The van der Waals surface area contributed by atoms with Crippen molar-refractivity contribution < 1.29 is 19.0 Å². The van der Waals surface area contributed by atoms with Gasteiger partial charge in [0.15, 0.2) is 17.3 Å². The smallest absolute Gasteiger partial charge is 0.204 e. The van der Waals surface area contributed by atoms with Gasteiger partial charge in [-0.05, 0) is 12.1 Å². The topological polar surface area (TPSA) is 44.8 Å². The summed E-state index contributed by atoms with van der Waals surface area (Å²) < 4.78 is 16.3. The van der Waals surface area contributed by atoms with E-state index >= 15 is 0 Å². The largest absolute Gasteiger partial charge is 0.488 e. The SMILES string of the molecule is O=C1CCOc2c1ccc1c2OCCO1. The average molecular weight is 206 g/mol. The number of hydrogen-bond donors (Lipinski definition) is 0. The zero-order valence-electron chi connectivity index (χ0n) is 8.12. The lowest BCUT2D eigenvalue weighted by atomic mass is 10.0. The maximum absolute atomic E-state index is 11.6. The molecule has 0 N–H and O–H groups in total. The normalized spacial score (nSPS) is 18.0. The summed E-state index contributed by atoms with van der Waals surface area (Å²) in [5.74, 6) is 1.89. The molecule has 78 valence electrons. The third kappa shape index (κ3) is 1.25. The molecule has 1 aromatic carbocycles. The molecule has 0 saturated carbocycles. The van der Waals surface area contributed by atoms with Crippen molar-refractivity contribution in [1.82, 2.24) is 0 Å². The first-order valence-corrected chi connectivity index (χ1v) is 4.95. The van der Waals surface area contributed by atoms with Crippen molar-refractivity contribution >= 4 is 5.78 Å². The van der Waals surface area contributed by atoms with Crippen molar-refractivity contribution in [3.05, 3.63) is 17.7 Å². The van der Waals surface area contributed by atoms with Gasteiger partial charge in [-0.3, -0.25) is 4.79 Å². The van der Waals surface area contributed by atoms with Crippen LogP contribution in [0.3, 0.4) is 0 Å². The van der Waals surface area contributed by atoms with E-state index < -0.39 is 0 Å². The maximum Gasteiger partial charge on any atom is 0.204 e. The molecule has 2 aliphatic heterocycles. The van der Waals surface area contributed by atoms with Crippen molar-refractivity contribution in [2.24, 2.45) is 0 Å². The van der Waals surface area contributed by atoms with Crippen LogP contribution in [0.15, 0.2) is 12.1 Å². The van der Waals surface area contributed by atoms with Gasteiger partial charge in [0.25, 0.3) is 0 Å². The molecule has 4 heteroatoms. The van der Waals surface area contributed by atoms with Crippen LogP contribution in [0.2, 0.25) is 0 Å². The highest BCUT2D eigenvalue weighted by atomic mass is 16.6. The van der Waals surface area contributed by atoms with Crippen LogP contribution in [0.5, 0.6) is 17.2 Å². The second kappa shape index (κ2) is 3.15. The second-order valence-electron chi connectivity index (χ2n) is 3.49. The van der Waals surface area contributed by atoms with Gasteiger partial charge in [-0.25, -0.2) is 0 Å². The van der Waals surface area contributed by atoms with E-state index in [0.717, 1.165) is 0 Å². The van der Waals surface area contributed by atoms with Crippen LogP contribution in [-0.4, -0.2) is 25.6 Å². The number of benzene rings is 1. The highest BCUT2D eigenvalue weighted by Gasteiger charge is 2.26. The van der Waals surface area contributed by atoms with Gasteiger partial charge in [-0.2, -0.15) is 0 Å². The van der Waals surface area contributed by atoms with Crippen molar-refractivity contribution in [2.75, 3.05) is 19.8 Å². The lowest BCUT2D eigenvalue weighted by Crippen LogP contribution is -2.20. The highest BCUT2D eigenvalue weighted by Crippen LogP contribution is 2.43. The minimum absolute atomic E-state index is 0.105. The van der Waals surface area contributed by atoms with E-state index in [-0.39, 0.29) is 5.78 Å². The lowest BCUT2D eigenvalue weighted by molar-refractivity contribution is 0.0922. The summed E-state index contributed by atoms with van der Waals surface area (Å²) in [5.41, 5.74) is 0.602. The first-order chi connectivity index (χ1) is 7.36. The van der Waals surface area contributed by atoms with E-state index in [4.69, 9.17) is 14.2 Å². The monoisotopic (exact) mass is 206 g/mol. The van der Waals surface area contributed by atoms with Crippen LogP contribution in [-0.2, 0) is 0 Å². The fourth-order valence-electron chi connectivity index (χ4n) is 1.83. The molecular formula is C11H10O4. The first-order valence-electron chi connectivity index (χ1n) is 4.95. The molecule has 0 amide bonds. The number of rotatable bonds is 0. The van der Waals surface area contributed by atoms with Gasteiger partial charge in [0, 0.05) is 6.42 Å². The third-order valence-electron chi connectivity index (χ3n) is 2.54. The van der Waals surface area contributed by atoms with Crippen molar-refractivity contribution in [3.63, 3.8) is 0 Å². The number of ketones is 1. The Kier molecular flexibility index (Phi) is 1.80. The standard InChI is InChI=1S/C11H10O4/c12-8-3-4-14-10-7(8)1-2-9-11(10)15-6-5-13-9/h1-2H,3-6H2. The van der Waals surface area contributed by atoms with Crippen molar-refractivity contribution in [1.29, 1.82) is 0 Å². The van der Waals surface area contributed by atoms with Gasteiger partial charge in [-0.15, -0.1) is 0 Å². The molecule has 0 fully saturated rings. The first kappa shape index (κ1) is 8.59. The Hall–Kier alpha value is -1.71. The van der Waals surface area contributed by atoms with E-state index in [2.05, 4.69) is 0 Å². The lowest BCUT2D eigenvalue weighted by Gasteiger charge is -2.24. The van der Waals surface area contributed by atoms with E-state index in [0.29, 0.717) is 49.1 Å². The molecule has 0 atom stereocenters. The maximum atomic E-state index is 11.6. The Morgan fingerprint density at radius 2 is 1.73 bits per heavy atom. The molecule has 0 unspecified atom stereocenters. The Labute approximate surface area is 86.7 Å². The predicted molar refractivity (Wildman–Crippen MR) is 51.9 cm³/mol. The average Bonchev–Trinajstić information content (AvgIpc) is 2.29. The van der Waals surface area contributed by atoms with Crippen molar-refractivity contribution in [3.8, 4) is 17.2 Å². The van der Waals surface area contributed by atoms with Gasteiger partial charge in [0.2, 0.25) is 5.75 Å². The summed E-state index contributed by atoms with van der Waals surface area (Å²) in [6, 6.07) is 3.50. The van der Waals surface area contributed by atoms with Crippen LogP contribution in [0, 0.1) is 0 Å². The third-order valence-corrected chi connectivity index (χ3v) is 2.54. The Bertz CT molecular complexity index is 425. The molecule has 4 nitrogen and oxygen atoms in total. The summed E-state index contributed by atoms with van der Waals surface area (Å²) in [4.78, 5) is 11.6. The molecule has 0 aliphatic carbocycles. The summed E-state index contributed by atoms with van der Waals surface area (Å²) in [7, 11) is 0. The minimum Gasteiger partial charge on any atom is -0.488 e. The molecule has 0 bridgehead atoms. The molecule has 2 aliphatic rings. The van der Waals surface area contributed by atoms with Gasteiger partial charge in [0.1, 0.15) is 13.2 Å². The summed E-state index contributed by atoms with van der Waals surface area (Å²) in [6.07, 6.45) is 0.437. The van der Waals surface area contributed by atoms with E-state index in [1.807, 2.05) is 0 Å². The second-order valence-corrected chi connectivity index (χ2v) is 3.49. The van der Waals surface area contributed by atoms with Crippen LogP contribution in [0.1, 0.15) is 16.8 Å². The van der Waals surface area contributed by atoms with Gasteiger partial charge >= 0.3 is 0 Å². The molecule has 15 heavy (non-hydrogen) atoms. The minimum atomic E-state index is 0.105. The number of fused-ring (bicyclic) bond motifs is 3. The summed E-state index contributed by atoms with van der Waals surface area (Å²) in [5, 5.41) is 0. The van der Waals surface area contributed by atoms with Crippen molar-refractivity contribution in [2.45, 2.75) is 6.42 Å². The quantitative estimate of drug-likeness (QED) is 0.644. The molecule has 1 aromatic rings. The van der Waals surface area contributed by atoms with E-state index in [1.165, 1.54) is 0 Å². The van der Waals surface area contributed by atoms with E-state index in [9.17, 15) is 4.79 Å². The van der Waals surface area contributed by atoms with Crippen LogP contribution in [0.4, 0.5) is 0 Å². The number of ether oxygens (including phenoxy) is 3. The van der Waals surface area contributed by atoms with Gasteiger partial charge < -0.3 is 14.2 Å². The van der Waals surface area contributed by atoms with Crippen LogP contribution in [0.25, 0.3) is 0 Å². The Balaban J connectivity index is 2.17. The molecular weight excluding hydrogens is 196 g/mol. The van der Waals surface area contributed by atoms with Crippen LogP contribution >= 0.6 is 0 Å². The zero-order chi connectivity index (χ0) is 10.3. The molecule has 0 radical (unpaired) electrons.